The van der Waals surface area contributed by atoms with Crippen LogP contribution < -0.4 is 0 Å². The van der Waals surface area contributed by atoms with E-state index in [2.05, 4.69) is 0 Å². The van der Waals surface area contributed by atoms with E-state index in [4.69, 9.17) is 9.47 Å². The van der Waals surface area contributed by atoms with Crippen LogP contribution in [-0.2, 0) is 25.5 Å². The van der Waals surface area contributed by atoms with Crippen molar-refractivity contribution in [2.45, 2.75) is 57.9 Å². The van der Waals surface area contributed by atoms with E-state index in [0.717, 1.165) is 15.4 Å². The number of aliphatic hydroxyl groups is 1. The van der Waals surface area contributed by atoms with Gasteiger partial charge >= 0.3 is 12.1 Å². The minimum absolute atomic E-state index is 0.0494. The number of nitro groups is 1. The van der Waals surface area contributed by atoms with E-state index < -0.39 is 52.4 Å². The van der Waals surface area contributed by atoms with Gasteiger partial charge in [-0.25, -0.2) is 9.59 Å². The molecule has 0 aliphatic heterocycles. The van der Waals surface area contributed by atoms with Gasteiger partial charge in [0.25, 0.3) is 5.69 Å². The van der Waals surface area contributed by atoms with Crippen molar-refractivity contribution in [3.05, 3.63) is 75.8 Å². The number of carbonyl (C=O) groups excluding carboxylic acids is 3. The Labute approximate surface area is 222 Å². The van der Waals surface area contributed by atoms with Crippen molar-refractivity contribution in [2.75, 3.05) is 20.7 Å². The van der Waals surface area contributed by atoms with E-state index in [0.29, 0.717) is 0 Å². The van der Waals surface area contributed by atoms with Crippen LogP contribution in [0.1, 0.15) is 44.9 Å². The first-order valence-corrected chi connectivity index (χ1v) is 12.1. The van der Waals surface area contributed by atoms with E-state index >= 15 is 0 Å². The number of hydrogen-bond acceptors (Lipinski definition) is 8. The van der Waals surface area contributed by atoms with E-state index in [9.17, 15) is 29.6 Å². The van der Waals surface area contributed by atoms with Gasteiger partial charge in [-0.15, -0.1) is 0 Å². The molecule has 2 rings (SSSR count). The van der Waals surface area contributed by atoms with Crippen LogP contribution in [0.25, 0.3) is 0 Å². The number of amides is 2. The number of ether oxygens (including phenoxy) is 2. The van der Waals surface area contributed by atoms with Crippen molar-refractivity contribution in [3.63, 3.8) is 0 Å². The van der Waals surface area contributed by atoms with Gasteiger partial charge in [0.1, 0.15) is 17.7 Å². The normalized spacial score (nSPS) is 13.6. The third kappa shape index (κ3) is 7.75. The number of nitro benzene ring substituents is 1. The minimum Gasteiger partial charge on any atom is -0.464 e. The first-order chi connectivity index (χ1) is 17.8. The lowest BCUT2D eigenvalue weighted by molar-refractivity contribution is -0.386. The molecule has 2 aromatic rings. The van der Waals surface area contributed by atoms with Crippen LogP contribution >= 0.6 is 0 Å². The highest BCUT2D eigenvalue weighted by Crippen LogP contribution is 2.30. The molecule has 0 spiro atoms. The molecule has 0 aliphatic carbocycles. The van der Waals surface area contributed by atoms with Crippen LogP contribution in [0, 0.1) is 10.1 Å². The molecule has 2 unspecified atom stereocenters. The Morgan fingerprint density at radius 3 is 2.13 bits per heavy atom. The quantitative estimate of drug-likeness (QED) is 0.280. The zero-order valence-electron chi connectivity index (χ0n) is 22.5. The molecule has 206 valence electrons. The Balaban J connectivity index is 2.52. The molecule has 0 saturated heterocycles. The van der Waals surface area contributed by atoms with Gasteiger partial charge in [-0.1, -0.05) is 42.5 Å². The van der Waals surface area contributed by atoms with Crippen molar-refractivity contribution in [1.82, 2.24) is 9.80 Å². The molecule has 2 aromatic carbocycles. The second-order valence-electron chi connectivity index (χ2n) is 9.70. The van der Waals surface area contributed by atoms with Gasteiger partial charge in [0.05, 0.1) is 17.1 Å². The summed E-state index contributed by atoms with van der Waals surface area (Å²) in [4.78, 5) is 52.8. The lowest BCUT2D eigenvalue weighted by Gasteiger charge is -2.36. The second kappa shape index (κ2) is 13.0. The van der Waals surface area contributed by atoms with Crippen LogP contribution in [0.5, 0.6) is 0 Å². The number of aliphatic hydroxyl groups excluding tert-OH is 1. The van der Waals surface area contributed by atoms with Gasteiger partial charge in [-0.3, -0.25) is 19.8 Å². The lowest BCUT2D eigenvalue weighted by atomic mass is 9.97. The highest BCUT2D eigenvalue weighted by atomic mass is 16.6. The summed E-state index contributed by atoms with van der Waals surface area (Å²) in [7, 11) is 2.69. The number of esters is 1. The van der Waals surface area contributed by atoms with Gasteiger partial charge in [0.15, 0.2) is 6.04 Å². The molecule has 2 amide bonds. The summed E-state index contributed by atoms with van der Waals surface area (Å²) in [6.07, 6.45) is -2.46. The molecule has 1 N–H and O–H groups in total. The van der Waals surface area contributed by atoms with Crippen molar-refractivity contribution in [3.8, 4) is 0 Å². The molecule has 3 atom stereocenters. The summed E-state index contributed by atoms with van der Waals surface area (Å²) in [5.41, 5.74) is -0.660. The zero-order valence-corrected chi connectivity index (χ0v) is 22.5. The number of hydrogen-bond donors (Lipinski definition) is 1. The van der Waals surface area contributed by atoms with Gasteiger partial charge in [0, 0.05) is 26.6 Å². The van der Waals surface area contributed by atoms with Gasteiger partial charge in [-0.2, -0.15) is 0 Å². The van der Waals surface area contributed by atoms with E-state index in [1.807, 2.05) is 6.07 Å². The van der Waals surface area contributed by atoms with E-state index in [1.165, 1.54) is 38.4 Å². The third-order valence-electron chi connectivity index (χ3n) is 5.75. The van der Waals surface area contributed by atoms with Crippen LogP contribution in [-0.4, -0.2) is 76.2 Å². The standard InChI is InChI=1S/C27H35N3O8/c1-7-37-25(33)22(23(31)19-15-11-12-16-20(19)30(35)36)29(6)24(32)21(17-18-13-9-8-10-14-18)28(5)26(34)38-27(2,3)4/h8-16,21-23,31H,7,17H2,1-6H3/t21-,22?,23?/m0/s1. The Morgan fingerprint density at radius 2 is 1.58 bits per heavy atom. The van der Waals surface area contributed by atoms with Gasteiger partial charge < -0.3 is 19.5 Å². The maximum Gasteiger partial charge on any atom is 0.410 e. The van der Waals surface area contributed by atoms with Crippen LogP contribution in [0.4, 0.5) is 10.5 Å². The van der Waals surface area contributed by atoms with Crippen LogP contribution in [0.3, 0.4) is 0 Å². The monoisotopic (exact) mass is 529 g/mol. The second-order valence-corrected chi connectivity index (χ2v) is 9.70. The molecule has 38 heavy (non-hydrogen) atoms. The van der Waals surface area contributed by atoms with E-state index in [-0.39, 0.29) is 18.6 Å². The summed E-state index contributed by atoms with van der Waals surface area (Å²) >= 11 is 0. The van der Waals surface area contributed by atoms with Gasteiger partial charge in [-0.05, 0) is 39.3 Å². The first-order valence-electron chi connectivity index (χ1n) is 12.1. The fourth-order valence-corrected chi connectivity index (χ4v) is 3.86. The molecular weight excluding hydrogens is 494 g/mol. The van der Waals surface area contributed by atoms with Crippen LogP contribution in [0.15, 0.2) is 54.6 Å². The molecule has 11 heteroatoms. The number of carbonyl (C=O) groups is 3. The SMILES string of the molecule is CCOC(=O)C(C(O)c1ccccc1[N+](=O)[O-])N(C)C(=O)[C@H](Cc1ccccc1)N(C)C(=O)OC(C)(C)C. The first kappa shape index (κ1) is 30.2. The maximum atomic E-state index is 13.9. The number of likely N-dealkylation sites (N-methyl/N-ethyl adjacent to an activating group) is 2. The zero-order chi connectivity index (χ0) is 28.6. The highest BCUT2D eigenvalue weighted by Gasteiger charge is 2.42. The molecule has 0 radical (unpaired) electrons. The van der Waals surface area contributed by atoms with E-state index in [1.54, 1.807) is 52.0 Å². The number of benzene rings is 2. The summed E-state index contributed by atoms with van der Waals surface area (Å²) < 4.78 is 10.6. The predicted molar refractivity (Wildman–Crippen MR) is 139 cm³/mol. The molecule has 0 saturated carbocycles. The average Bonchev–Trinajstić information content (AvgIpc) is 2.86. The topological polar surface area (TPSA) is 140 Å². The van der Waals surface area contributed by atoms with Crippen molar-refractivity contribution in [1.29, 1.82) is 0 Å². The fraction of sp³-hybridized carbons (Fsp3) is 0.444. The van der Waals surface area contributed by atoms with Crippen molar-refractivity contribution < 1.29 is 33.9 Å². The minimum atomic E-state index is -1.78. The highest BCUT2D eigenvalue weighted by molar-refractivity contribution is 5.90. The van der Waals surface area contributed by atoms with Gasteiger partial charge in [0.2, 0.25) is 5.91 Å². The Kier molecular flexibility index (Phi) is 10.3. The third-order valence-corrected chi connectivity index (χ3v) is 5.75. The largest absolute Gasteiger partial charge is 0.464 e. The Bertz CT molecular complexity index is 1130. The summed E-state index contributed by atoms with van der Waals surface area (Å²) in [5.74, 6) is -1.65. The van der Waals surface area contributed by atoms with Crippen molar-refractivity contribution >= 4 is 23.7 Å². The molecular formula is C27H35N3O8. The maximum absolute atomic E-state index is 13.9. The molecule has 11 nitrogen and oxygen atoms in total. The predicted octanol–water partition coefficient (Wildman–Crippen LogP) is 3.50. The number of nitrogens with zero attached hydrogens (tertiary/aromatic N) is 3. The fourth-order valence-electron chi connectivity index (χ4n) is 3.86. The summed E-state index contributed by atoms with van der Waals surface area (Å²) in [6.45, 7) is 6.59. The molecule has 0 fully saturated rings. The molecule has 0 heterocycles. The van der Waals surface area contributed by atoms with Crippen molar-refractivity contribution in [2.24, 2.45) is 0 Å². The molecule has 0 aliphatic rings. The molecule has 0 aromatic heterocycles. The Hall–Kier alpha value is -3.99. The lowest BCUT2D eigenvalue weighted by Crippen LogP contribution is -2.56. The summed E-state index contributed by atoms with van der Waals surface area (Å²) in [5, 5.41) is 22.8. The average molecular weight is 530 g/mol. The number of para-hydroxylation sites is 1. The van der Waals surface area contributed by atoms with Crippen LogP contribution in [0.2, 0.25) is 0 Å². The number of rotatable bonds is 10. The smallest absolute Gasteiger partial charge is 0.410 e. The molecule has 0 bridgehead atoms. The summed E-state index contributed by atoms with van der Waals surface area (Å²) in [6, 6.07) is 11.6. The Morgan fingerprint density at radius 1 is 1.00 bits per heavy atom.